The van der Waals surface area contributed by atoms with Gasteiger partial charge in [-0.25, -0.2) is 0 Å². The third kappa shape index (κ3) is 3.52. The molecule has 0 amide bonds. The molecule has 132 valence electrons. The van der Waals surface area contributed by atoms with Gasteiger partial charge in [0.2, 0.25) is 0 Å². The smallest absolute Gasteiger partial charge is 0.0843 e. The van der Waals surface area contributed by atoms with Crippen molar-refractivity contribution in [3.63, 3.8) is 0 Å². The standard InChI is InChI=1S/C21H32N2O/c1-14-9-10-21-19(11-14)16(3)17(4)23(21)13-18(24)12-22-20-8-6-5-7-15(20)2/h9-11,15,18,20,22,24H,5-8,12-13H2,1-4H3/t15-,18+,20-/m0/s1. The van der Waals surface area contributed by atoms with E-state index in [2.05, 4.69) is 55.8 Å². The second kappa shape index (κ2) is 7.28. The van der Waals surface area contributed by atoms with Crippen LogP contribution in [-0.2, 0) is 6.54 Å². The number of aryl methyl sites for hydroxylation is 2. The Morgan fingerprint density at radius 3 is 2.71 bits per heavy atom. The fourth-order valence-electron chi connectivity index (χ4n) is 4.18. The fourth-order valence-corrected chi connectivity index (χ4v) is 4.18. The predicted octanol–water partition coefficient (Wildman–Crippen LogP) is 4.10. The van der Waals surface area contributed by atoms with Crippen molar-refractivity contribution in [2.75, 3.05) is 6.54 Å². The molecule has 1 aliphatic rings. The first-order valence-corrected chi connectivity index (χ1v) is 9.45. The summed E-state index contributed by atoms with van der Waals surface area (Å²) in [6, 6.07) is 7.17. The van der Waals surface area contributed by atoms with Crippen molar-refractivity contribution in [2.45, 2.75) is 72.1 Å². The van der Waals surface area contributed by atoms with Gasteiger partial charge in [0.05, 0.1) is 12.6 Å². The van der Waals surface area contributed by atoms with Gasteiger partial charge >= 0.3 is 0 Å². The summed E-state index contributed by atoms with van der Waals surface area (Å²) in [5.41, 5.74) is 5.12. The molecule has 3 atom stereocenters. The Kier molecular flexibility index (Phi) is 5.31. The quantitative estimate of drug-likeness (QED) is 0.867. The van der Waals surface area contributed by atoms with Crippen LogP contribution in [0.3, 0.4) is 0 Å². The van der Waals surface area contributed by atoms with Crippen molar-refractivity contribution in [3.8, 4) is 0 Å². The Balaban J connectivity index is 1.69. The number of nitrogens with zero attached hydrogens (tertiary/aromatic N) is 1. The van der Waals surface area contributed by atoms with Crippen LogP contribution < -0.4 is 5.32 Å². The first-order chi connectivity index (χ1) is 11.5. The van der Waals surface area contributed by atoms with E-state index in [-0.39, 0.29) is 6.10 Å². The highest BCUT2D eigenvalue weighted by Crippen LogP contribution is 2.27. The Hall–Kier alpha value is -1.32. The summed E-state index contributed by atoms with van der Waals surface area (Å²) in [6.07, 6.45) is 4.88. The van der Waals surface area contributed by atoms with E-state index in [0.29, 0.717) is 19.1 Å². The van der Waals surface area contributed by atoms with Crippen molar-refractivity contribution in [1.82, 2.24) is 9.88 Å². The Morgan fingerprint density at radius 1 is 1.21 bits per heavy atom. The molecule has 1 aromatic heterocycles. The van der Waals surface area contributed by atoms with Crippen molar-refractivity contribution in [1.29, 1.82) is 0 Å². The van der Waals surface area contributed by atoms with Crippen LogP contribution in [0.1, 0.15) is 49.4 Å². The van der Waals surface area contributed by atoms with E-state index in [0.717, 1.165) is 5.92 Å². The van der Waals surface area contributed by atoms with Gasteiger partial charge in [0.1, 0.15) is 0 Å². The van der Waals surface area contributed by atoms with Crippen LogP contribution in [0.2, 0.25) is 0 Å². The minimum atomic E-state index is -0.353. The zero-order chi connectivity index (χ0) is 17.3. The van der Waals surface area contributed by atoms with Gasteiger partial charge in [0.15, 0.2) is 0 Å². The molecule has 0 aliphatic heterocycles. The molecule has 3 heteroatoms. The van der Waals surface area contributed by atoms with Gasteiger partial charge in [-0.15, -0.1) is 0 Å². The number of aliphatic hydroxyl groups is 1. The molecular weight excluding hydrogens is 296 g/mol. The van der Waals surface area contributed by atoms with E-state index in [4.69, 9.17) is 0 Å². The number of aromatic nitrogens is 1. The van der Waals surface area contributed by atoms with Gasteiger partial charge in [-0.2, -0.15) is 0 Å². The molecule has 1 aliphatic carbocycles. The molecule has 1 fully saturated rings. The van der Waals surface area contributed by atoms with Crippen molar-refractivity contribution in [2.24, 2.45) is 5.92 Å². The van der Waals surface area contributed by atoms with Crippen LogP contribution in [0, 0.1) is 26.7 Å². The third-order valence-electron chi connectivity index (χ3n) is 5.91. The van der Waals surface area contributed by atoms with Crippen molar-refractivity contribution >= 4 is 10.9 Å². The largest absolute Gasteiger partial charge is 0.390 e. The molecule has 0 saturated heterocycles. The molecule has 2 aromatic rings. The molecule has 0 bridgehead atoms. The van der Waals surface area contributed by atoms with Crippen molar-refractivity contribution < 1.29 is 5.11 Å². The van der Waals surface area contributed by atoms with E-state index in [1.807, 2.05) is 0 Å². The Labute approximate surface area is 146 Å². The second-order valence-electron chi connectivity index (χ2n) is 7.77. The van der Waals surface area contributed by atoms with Gasteiger partial charge in [-0.1, -0.05) is 31.4 Å². The molecule has 3 rings (SSSR count). The average Bonchev–Trinajstić information content (AvgIpc) is 2.79. The molecule has 24 heavy (non-hydrogen) atoms. The number of benzene rings is 1. The van der Waals surface area contributed by atoms with Gasteiger partial charge in [-0.05, 0) is 57.2 Å². The molecule has 1 saturated carbocycles. The maximum absolute atomic E-state index is 10.6. The van der Waals surface area contributed by atoms with Crippen LogP contribution in [0.4, 0.5) is 0 Å². The molecule has 2 N–H and O–H groups in total. The average molecular weight is 329 g/mol. The fraction of sp³-hybridized carbons (Fsp3) is 0.619. The number of hydrogen-bond donors (Lipinski definition) is 2. The second-order valence-corrected chi connectivity index (χ2v) is 7.77. The van der Waals surface area contributed by atoms with Crippen LogP contribution in [-0.4, -0.2) is 28.4 Å². The highest BCUT2D eigenvalue weighted by molar-refractivity contribution is 5.85. The summed E-state index contributed by atoms with van der Waals surface area (Å²) in [4.78, 5) is 0. The number of rotatable bonds is 5. The zero-order valence-electron chi connectivity index (χ0n) is 15.6. The van der Waals surface area contributed by atoms with Gasteiger partial charge in [0.25, 0.3) is 0 Å². The first-order valence-electron chi connectivity index (χ1n) is 9.45. The van der Waals surface area contributed by atoms with Crippen LogP contribution >= 0.6 is 0 Å². The number of nitrogens with one attached hydrogen (secondary N) is 1. The van der Waals surface area contributed by atoms with Crippen LogP contribution in [0.15, 0.2) is 18.2 Å². The first kappa shape index (κ1) is 17.5. The third-order valence-corrected chi connectivity index (χ3v) is 5.91. The number of fused-ring (bicyclic) bond motifs is 1. The summed E-state index contributed by atoms with van der Waals surface area (Å²) < 4.78 is 2.28. The van der Waals surface area contributed by atoms with E-state index < -0.39 is 0 Å². The highest BCUT2D eigenvalue weighted by atomic mass is 16.3. The minimum Gasteiger partial charge on any atom is -0.390 e. The molecule has 0 radical (unpaired) electrons. The SMILES string of the molecule is Cc1ccc2c(c1)c(C)c(C)n2C[C@H](O)CN[C@H]1CCCC[C@@H]1C. The monoisotopic (exact) mass is 328 g/mol. The summed E-state index contributed by atoms with van der Waals surface area (Å²) in [7, 11) is 0. The minimum absolute atomic E-state index is 0.353. The van der Waals surface area contributed by atoms with Crippen LogP contribution in [0.5, 0.6) is 0 Å². The lowest BCUT2D eigenvalue weighted by Gasteiger charge is -2.30. The Morgan fingerprint density at radius 2 is 1.96 bits per heavy atom. The normalized spacial score (nSPS) is 22.9. The number of hydrogen-bond acceptors (Lipinski definition) is 2. The number of aliphatic hydroxyl groups excluding tert-OH is 1. The van der Waals surface area contributed by atoms with Crippen molar-refractivity contribution in [3.05, 3.63) is 35.0 Å². The molecule has 0 unspecified atom stereocenters. The van der Waals surface area contributed by atoms with E-state index in [1.54, 1.807) is 0 Å². The van der Waals surface area contributed by atoms with Crippen LogP contribution in [0.25, 0.3) is 10.9 Å². The summed E-state index contributed by atoms with van der Waals surface area (Å²) >= 11 is 0. The summed E-state index contributed by atoms with van der Waals surface area (Å²) in [5, 5.41) is 15.5. The lowest BCUT2D eigenvalue weighted by Crippen LogP contribution is -2.42. The van der Waals surface area contributed by atoms with E-state index >= 15 is 0 Å². The molecule has 1 heterocycles. The Bertz CT molecular complexity index is 703. The van der Waals surface area contributed by atoms with E-state index in [9.17, 15) is 5.11 Å². The lowest BCUT2D eigenvalue weighted by atomic mass is 9.86. The molecule has 1 aromatic carbocycles. The summed E-state index contributed by atoms with van der Waals surface area (Å²) in [5.74, 6) is 0.727. The molecule has 3 nitrogen and oxygen atoms in total. The topological polar surface area (TPSA) is 37.2 Å². The van der Waals surface area contributed by atoms with E-state index in [1.165, 1.54) is 53.4 Å². The summed E-state index contributed by atoms with van der Waals surface area (Å²) in [6.45, 7) is 10.1. The molecular formula is C21H32N2O. The van der Waals surface area contributed by atoms with Gasteiger partial charge in [-0.3, -0.25) is 0 Å². The zero-order valence-corrected chi connectivity index (χ0v) is 15.6. The van der Waals surface area contributed by atoms with Gasteiger partial charge in [0, 0.05) is 29.2 Å². The maximum Gasteiger partial charge on any atom is 0.0843 e. The lowest BCUT2D eigenvalue weighted by molar-refractivity contribution is 0.139. The predicted molar refractivity (Wildman–Crippen MR) is 102 cm³/mol. The molecule has 0 spiro atoms. The highest BCUT2D eigenvalue weighted by Gasteiger charge is 2.22. The maximum atomic E-state index is 10.6. The van der Waals surface area contributed by atoms with Gasteiger partial charge < -0.3 is 15.0 Å².